The van der Waals surface area contributed by atoms with Crippen LogP contribution in [-0.4, -0.2) is 30.0 Å². The van der Waals surface area contributed by atoms with Crippen molar-refractivity contribution < 1.29 is 0 Å². The fourth-order valence-electron chi connectivity index (χ4n) is 2.66. The zero-order valence-corrected chi connectivity index (χ0v) is 13.5. The van der Waals surface area contributed by atoms with E-state index in [1.54, 1.807) is 0 Å². The zero-order valence-electron chi connectivity index (χ0n) is 13.5. The molecule has 1 heterocycles. The van der Waals surface area contributed by atoms with Gasteiger partial charge in [0.15, 0.2) is 0 Å². The molecular weight excluding hydrogens is 246 g/mol. The highest BCUT2D eigenvalue weighted by atomic mass is 15.3. The van der Waals surface area contributed by atoms with Gasteiger partial charge < -0.3 is 10.6 Å². The molecule has 20 heavy (non-hydrogen) atoms. The Labute approximate surface area is 125 Å². The lowest BCUT2D eigenvalue weighted by Crippen LogP contribution is -2.41. The maximum Gasteiger partial charge on any atom is 0.101 e. The minimum Gasteiger partial charge on any atom is -0.343 e. The molecule has 0 saturated heterocycles. The van der Waals surface area contributed by atoms with Crippen molar-refractivity contribution in [3.63, 3.8) is 0 Å². The molecule has 0 aliphatic carbocycles. The summed E-state index contributed by atoms with van der Waals surface area (Å²) in [5.74, 6) is 1.20. The predicted octanol–water partition coefficient (Wildman–Crippen LogP) is 4.09. The van der Waals surface area contributed by atoms with E-state index in [0.29, 0.717) is 0 Å². The molecule has 1 atom stereocenters. The van der Waals surface area contributed by atoms with Gasteiger partial charge in [-0.2, -0.15) is 0 Å². The molecule has 0 aromatic rings. The first-order chi connectivity index (χ1) is 9.75. The highest BCUT2D eigenvalue weighted by molar-refractivity contribution is 5.84. The summed E-state index contributed by atoms with van der Waals surface area (Å²) in [6, 6.07) is 0. The van der Waals surface area contributed by atoms with Gasteiger partial charge in [-0.3, -0.25) is 4.99 Å². The Morgan fingerprint density at radius 1 is 1.15 bits per heavy atom. The number of nitrogens with two attached hydrogens (primary N) is 1. The summed E-state index contributed by atoms with van der Waals surface area (Å²) < 4.78 is 0. The monoisotopic (exact) mass is 279 g/mol. The van der Waals surface area contributed by atoms with Crippen LogP contribution in [0.2, 0.25) is 0 Å². The van der Waals surface area contributed by atoms with E-state index in [9.17, 15) is 0 Å². The van der Waals surface area contributed by atoms with Crippen LogP contribution in [0.5, 0.6) is 0 Å². The standard InChI is InChI=1S/C17H33N3/c1-3-4-5-6-7-8-9-10-11-12-13-17-19-14-15-20(17)16(2)18/h10-11,16H,3-9,12-15,18H2,1-2H3/b11-10+. The van der Waals surface area contributed by atoms with Crippen molar-refractivity contribution in [1.82, 2.24) is 4.90 Å². The van der Waals surface area contributed by atoms with Crippen LogP contribution in [0.25, 0.3) is 0 Å². The molecule has 2 N–H and O–H groups in total. The minimum absolute atomic E-state index is 0.100. The molecule has 0 radical (unpaired) electrons. The number of hydrogen-bond acceptors (Lipinski definition) is 3. The first-order valence-corrected chi connectivity index (χ1v) is 8.46. The number of unbranched alkanes of at least 4 members (excludes halogenated alkanes) is 6. The molecule has 0 fully saturated rings. The Kier molecular flexibility index (Phi) is 9.38. The summed E-state index contributed by atoms with van der Waals surface area (Å²) in [5.41, 5.74) is 5.94. The maximum absolute atomic E-state index is 5.94. The van der Waals surface area contributed by atoms with Crippen LogP contribution >= 0.6 is 0 Å². The van der Waals surface area contributed by atoms with E-state index in [0.717, 1.165) is 25.9 Å². The van der Waals surface area contributed by atoms with Crippen molar-refractivity contribution in [2.75, 3.05) is 13.1 Å². The van der Waals surface area contributed by atoms with Gasteiger partial charge in [-0.1, -0.05) is 51.2 Å². The van der Waals surface area contributed by atoms with Gasteiger partial charge >= 0.3 is 0 Å². The Bertz CT molecular complexity index is 295. The van der Waals surface area contributed by atoms with Gasteiger partial charge in [0, 0.05) is 13.0 Å². The zero-order chi connectivity index (χ0) is 14.6. The summed E-state index contributed by atoms with van der Waals surface area (Å²) in [6.45, 7) is 6.21. The lowest BCUT2D eigenvalue weighted by atomic mass is 10.1. The van der Waals surface area contributed by atoms with Crippen molar-refractivity contribution >= 4 is 5.84 Å². The van der Waals surface area contributed by atoms with Gasteiger partial charge in [0.2, 0.25) is 0 Å². The van der Waals surface area contributed by atoms with Crippen molar-refractivity contribution in [2.45, 2.75) is 77.8 Å². The van der Waals surface area contributed by atoms with Crippen LogP contribution in [0.15, 0.2) is 17.1 Å². The van der Waals surface area contributed by atoms with Crippen molar-refractivity contribution in [1.29, 1.82) is 0 Å². The van der Waals surface area contributed by atoms with Crippen LogP contribution in [-0.2, 0) is 0 Å². The highest BCUT2D eigenvalue weighted by Gasteiger charge is 2.18. The number of rotatable bonds is 11. The highest BCUT2D eigenvalue weighted by Crippen LogP contribution is 2.10. The third kappa shape index (κ3) is 7.09. The van der Waals surface area contributed by atoms with E-state index in [1.807, 2.05) is 6.92 Å². The lowest BCUT2D eigenvalue weighted by molar-refractivity contribution is 0.360. The van der Waals surface area contributed by atoms with Crippen molar-refractivity contribution in [3.05, 3.63) is 12.2 Å². The van der Waals surface area contributed by atoms with E-state index in [1.165, 1.54) is 50.8 Å². The Morgan fingerprint density at radius 3 is 2.60 bits per heavy atom. The number of allylic oxidation sites excluding steroid dienone is 2. The molecule has 0 saturated carbocycles. The largest absolute Gasteiger partial charge is 0.343 e. The van der Waals surface area contributed by atoms with E-state index in [-0.39, 0.29) is 6.17 Å². The molecule has 0 aromatic heterocycles. The van der Waals surface area contributed by atoms with Crippen LogP contribution < -0.4 is 5.73 Å². The molecule has 1 rings (SSSR count). The molecule has 0 spiro atoms. The molecule has 3 heteroatoms. The third-order valence-corrected chi connectivity index (χ3v) is 3.88. The Morgan fingerprint density at radius 2 is 1.85 bits per heavy atom. The van der Waals surface area contributed by atoms with E-state index in [4.69, 9.17) is 5.73 Å². The fraction of sp³-hybridized carbons (Fsp3) is 0.824. The van der Waals surface area contributed by atoms with Gasteiger partial charge in [0.05, 0.1) is 12.7 Å². The Balaban J connectivity index is 1.99. The topological polar surface area (TPSA) is 41.6 Å². The number of amidine groups is 1. The summed E-state index contributed by atoms with van der Waals surface area (Å²) in [7, 11) is 0. The maximum atomic E-state index is 5.94. The van der Waals surface area contributed by atoms with Gasteiger partial charge in [0.1, 0.15) is 5.84 Å². The van der Waals surface area contributed by atoms with E-state index < -0.39 is 0 Å². The predicted molar refractivity (Wildman–Crippen MR) is 89.0 cm³/mol. The van der Waals surface area contributed by atoms with Crippen LogP contribution in [0.1, 0.15) is 71.6 Å². The normalized spacial score (nSPS) is 16.9. The quantitative estimate of drug-likeness (QED) is 0.457. The second-order valence-electron chi connectivity index (χ2n) is 5.80. The Hall–Kier alpha value is -0.830. The second-order valence-corrected chi connectivity index (χ2v) is 5.80. The van der Waals surface area contributed by atoms with Gasteiger partial charge in [-0.05, 0) is 26.2 Å². The SMILES string of the molecule is CCCCCCCC/C=C/CCC1=NCCN1C(C)N. The summed E-state index contributed by atoms with van der Waals surface area (Å²) in [4.78, 5) is 6.77. The molecule has 0 aromatic carbocycles. The first-order valence-electron chi connectivity index (χ1n) is 8.46. The van der Waals surface area contributed by atoms with Crippen LogP contribution in [0.4, 0.5) is 0 Å². The van der Waals surface area contributed by atoms with Crippen LogP contribution in [0, 0.1) is 0 Å². The molecule has 116 valence electrons. The molecule has 1 aliphatic heterocycles. The number of hydrogen-bond donors (Lipinski definition) is 1. The molecule has 1 aliphatic rings. The number of aliphatic imine (C=N–C) groups is 1. The summed E-state index contributed by atoms with van der Waals surface area (Å²) in [5, 5.41) is 0. The smallest absolute Gasteiger partial charge is 0.101 e. The molecule has 0 amide bonds. The van der Waals surface area contributed by atoms with Gasteiger partial charge in [-0.25, -0.2) is 0 Å². The second kappa shape index (κ2) is 10.9. The van der Waals surface area contributed by atoms with E-state index >= 15 is 0 Å². The van der Waals surface area contributed by atoms with Crippen molar-refractivity contribution in [2.24, 2.45) is 10.7 Å². The lowest BCUT2D eigenvalue weighted by Gasteiger charge is -2.24. The number of nitrogens with zero attached hydrogens (tertiary/aromatic N) is 2. The first kappa shape index (κ1) is 17.2. The third-order valence-electron chi connectivity index (χ3n) is 3.88. The average molecular weight is 279 g/mol. The van der Waals surface area contributed by atoms with Crippen LogP contribution in [0.3, 0.4) is 0 Å². The minimum atomic E-state index is 0.100. The summed E-state index contributed by atoms with van der Waals surface area (Å²) in [6.07, 6.45) is 16.4. The molecule has 0 bridgehead atoms. The van der Waals surface area contributed by atoms with Crippen molar-refractivity contribution in [3.8, 4) is 0 Å². The molecule has 1 unspecified atom stereocenters. The molecule has 3 nitrogen and oxygen atoms in total. The average Bonchev–Trinajstić information content (AvgIpc) is 2.89. The fourth-order valence-corrected chi connectivity index (χ4v) is 2.66. The van der Waals surface area contributed by atoms with Gasteiger partial charge in [-0.15, -0.1) is 0 Å². The van der Waals surface area contributed by atoms with Gasteiger partial charge in [0.25, 0.3) is 0 Å². The van der Waals surface area contributed by atoms with E-state index in [2.05, 4.69) is 29.0 Å². The molecular formula is C17H33N3. The summed E-state index contributed by atoms with van der Waals surface area (Å²) >= 11 is 0.